The number of alkyl halides is 3. The van der Waals surface area contributed by atoms with E-state index >= 15 is 0 Å². The first-order valence-electron chi connectivity index (χ1n) is 5.84. The molecular formula is C13H14F3NO2. The Morgan fingerprint density at radius 2 is 2.00 bits per heavy atom. The summed E-state index contributed by atoms with van der Waals surface area (Å²) in [5.74, 6) is 0.538. The SMILES string of the molecule is C[C@H](NC[C@H](O)C(F)(F)F)c1cc2ccccc2o1. The van der Waals surface area contributed by atoms with E-state index in [1.807, 2.05) is 18.2 Å². The minimum absolute atomic E-state index is 0.413. The molecule has 0 amide bonds. The molecule has 0 bridgehead atoms. The normalized spacial score (nSPS) is 15.6. The van der Waals surface area contributed by atoms with Gasteiger partial charge in [0.25, 0.3) is 0 Å². The molecule has 2 atom stereocenters. The van der Waals surface area contributed by atoms with Gasteiger partial charge in [0, 0.05) is 11.9 Å². The van der Waals surface area contributed by atoms with Crippen molar-refractivity contribution < 1.29 is 22.7 Å². The van der Waals surface area contributed by atoms with Crippen LogP contribution in [0.15, 0.2) is 34.7 Å². The van der Waals surface area contributed by atoms with Crippen molar-refractivity contribution in [2.75, 3.05) is 6.54 Å². The summed E-state index contributed by atoms with van der Waals surface area (Å²) >= 11 is 0. The Balaban J connectivity index is 2.02. The van der Waals surface area contributed by atoms with Crippen molar-refractivity contribution in [3.05, 3.63) is 36.1 Å². The van der Waals surface area contributed by atoms with Gasteiger partial charge in [0.15, 0.2) is 6.10 Å². The molecule has 0 aliphatic heterocycles. The van der Waals surface area contributed by atoms with Gasteiger partial charge >= 0.3 is 6.18 Å². The predicted octanol–water partition coefficient (Wildman–Crippen LogP) is 3.01. The van der Waals surface area contributed by atoms with Crippen LogP contribution in [0.2, 0.25) is 0 Å². The molecule has 3 nitrogen and oxygen atoms in total. The fourth-order valence-electron chi connectivity index (χ4n) is 1.72. The lowest BCUT2D eigenvalue weighted by Gasteiger charge is -2.17. The molecule has 104 valence electrons. The summed E-state index contributed by atoms with van der Waals surface area (Å²) in [7, 11) is 0. The highest BCUT2D eigenvalue weighted by atomic mass is 19.4. The van der Waals surface area contributed by atoms with Crippen molar-refractivity contribution in [2.45, 2.75) is 25.2 Å². The van der Waals surface area contributed by atoms with Gasteiger partial charge in [0.1, 0.15) is 11.3 Å². The molecule has 0 aliphatic carbocycles. The third-order valence-corrected chi connectivity index (χ3v) is 2.87. The molecular weight excluding hydrogens is 259 g/mol. The second kappa shape index (κ2) is 5.22. The molecule has 1 aromatic carbocycles. The van der Waals surface area contributed by atoms with Crippen molar-refractivity contribution in [3.8, 4) is 0 Å². The number of rotatable bonds is 4. The van der Waals surface area contributed by atoms with Gasteiger partial charge in [-0.05, 0) is 19.1 Å². The third kappa shape index (κ3) is 3.27. The van der Waals surface area contributed by atoms with Crippen molar-refractivity contribution in [3.63, 3.8) is 0 Å². The summed E-state index contributed by atoms with van der Waals surface area (Å²) in [6.45, 7) is 1.11. The molecule has 0 spiro atoms. The molecule has 2 aromatic rings. The lowest BCUT2D eigenvalue weighted by Crippen LogP contribution is -2.39. The smallest absolute Gasteiger partial charge is 0.415 e. The maximum atomic E-state index is 12.2. The minimum atomic E-state index is -4.61. The number of furan rings is 1. The Kier molecular flexibility index (Phi) is 3.82. The first kappa shape index (κ1) is 13.9. The van der Waals surface area contributed by atoms with Crippen LogP contribution in [0.25, 0.3) is 11.0 Å². The van der Waals surface area contributed by atoms with Crippen molar-refractivity contribution in [2.24, 2.45) is 0 Å². The number of aliphatic hydroxyl groups is 1. The summed E-state index contributed by atoms with van der Waals surface area (Å²) in [5.41, 5.74) is 0.683. The Labute approximate surface area is 108 Å². The largest absolute Gasteiger partial charge is 0.459 e. The molecule has 0 saturated carbocycles. The highest BCUT2D eigenvalue weighted by Crippen LogP contribution is 2.24. The number of halogens is 3. The van der Waals surface area contributed by atoms with Crippen LogP contribution in [0.3, 0.4) is 0 Å². The number of hydrogen-bond acceptors (Lipinski definition) is 3. The number of benzene rings is 1. The Morgan fingerprint density at radius 1 is 1.32 bits per heavy atom. The Bertz CT molecular complexity index is 517. The first-order chi connectivity index (χ1) is 8.88. The maximum Gasteiger partial charge on any atom is 0.415 e. The van der Waals surface area contributed by atoms with E-state index in [9.17, 15) is 13.2 Å². The lowest BCUT2D eigenvalue weighted by atomic mass is 10.2. The highest BCUT2D eigenvalue weighted by Gasteiger charge is 2.38. The molecule has 1 heterocycles. The van der Waals surface area contributed by atoms with Gasteiger partial charge in [0.05, 0.1) is 6.04 Å². The summed E-state index contributed by atoms with van der Waals surface area (Å²) in [6.07, 6.45) is -6.99. The summed E-state index contributed by atoms with van der Waals surface area (Å²) < 4.78 is 42.0. The van der Waals surface area contributed by atoms with E-state index in [1.165, 1.54) is 0 Å². The molecule has 0 fully saturated rings. The zero-order valence-electron chi connectivity index (χ0n) is 10.2. The van der Waals surface area contributed by atoms with E-state index in [-0.39, 0.29) is 0 Å². The van der Waals surface area contributed by atoms with E-state index in [2.05, 4.69) is 5.32 Å². The average molecular weight is 273 g/mol. The molecule has 0 saturated heterocycles. The van der Waals surface area contributed by atoms with Crippen LogP contribution < -0.4 is 5.32 Å². The van der Waals surface area contributed by atoms with Crippen molar-refractivity contribution in [1.82, 2.24) is 5.32 Å². The van der Waals surface area contributed by atoms with Crippen LogP contribution in [0.5, 0.6) is 0 Å². The van der Waals surface area contributed by atoms with E-state index in [1.54, 1.807) is 19.1 Å². The fraction of sp³-hybridized carbons (Fsp3) is 0.385. The number of hydrogen-bond donors (Lipinski definition) is 2. The summed E-state index contributed by atoms with van der Waals surface area (Å²) in [4.78, 5) is 0. The van der Waals surface area contributed by atoms with E-state index in [0.717, 1.165) is 5.39 Å². The van der Waals surface area contributed by atoms with Crippen LogP contribution in [0, 0.1) is 0 Å². The summed E-state index contributed by atoms with van der Waals surface area (Å²) in [6, 6.07) is 8.68. The number of aliphatic hydroxyl groups excluding tert-OH is 1. The van der Waals surface area contributed by atoms with E-state index in [4.69, 9.17) is 9.52 Å². The fourth-order valence-corrected chi connectivity index (χ4v) is 1.72. The monoisotopic (exact) mass is 273 g/mol. The van der Waals surface area contributed by atoms with Gasteiger partial charge in [-0.3, -0.25) is 0 Å². The van der Waals surface area contributed by atoms with Crippen LogP contribution in [0.1, 0.15) is 18.7 Å². The summed E-state index contributed by atoms with van der Waals surface area (Å²) in [5, 5.41) is 12.4. The predicted molar refractivity (Wildman–Crippen MR) is 64.7 cm³/mol. The van der Waals surface area contributed by atoms with Gasteiger partial charge in [-0.2, -0.15) is 13.2 Å². The van der Waals surface area contributed by atoms with Crippen molar-refractivity contribution in [1.29, 1.82) is 0 Å². The van der Waals surface area contributed by atoms with Gasteiger partial charge in [0.2, 0.25) is 0 Å². The maximum absolute atomic E-state index is 12.2. The van der Waals surface area contributed by atoms with Crippen LogP contribution in [-0.2, 0) is 0 Å². The zero-order chi connectivity index (χ0) is 14.0. The van der Waals surface area contributed by atoms with Crippen LogP contribution >= 0.6 is 0 Å². The van der Waals surface area contributed by atoms with Gasteiger partial charge in [-0.25, -0.2) is 0 Å². The minimum Gasteiger partial charge on any atom is -0.459 e. The Morgan fingerprint density at radius 3 is 2.63 bits per heavy atom. The van der Waals surface area contributed by atoms with E-state index < -0.39 is 24.9 Å². The highest BCUT2D eigenvalue weighted by molar-refractivity contribution is 5.77. The topological polar surface area (TPSA) is 45.4 Å². The molecule has 1 aromatic heterocycles. The van der Waals surface area contributed by atoms with Crippen LogP contribution in [0.4, 0.5) is 13.2 Å². The number of nitrogens with one attached hydrogen (secondary N) is 1. The second-order valence-electron chi connectivity index (χ2n) is 4.37. The van der Waals surface area contributed by atoms with Gasteiger partial charge in [-0.1, -0.05) is 18.2 Å². The van der Waals surface area contributed by atoms with Gasteiger partial charge in [-0.15, -0.1) is 0 Å². The zero-order valence-corrected chi connectivity index (χ0v) is 10.2. The molecule has 2 rings (SSSR count). The van der Waals surface area contributed by atoms with E-state index in [0.29, 0.717) is 11.3 Å². The van der Waals surface area contributed by atoms with Crippen molar-refractivity contribution >= 4 is 11.0 Å². The third-order valence-electron chi connectivity index (χ3n) is 2.87. The average Bonchev–Trinajstić information content (AvgIpc) is 2.78. The molecule has 19 heavy (non-hydrogen) atoms. The quantitative estimate of drug-likeness (QED) is 0.900. The molecule has 0 aliphatic rings. The molecule has 6 heteroatoms. The molecule has 0 radical (unpaired) electrons. The number of fused-ring (bicyclic) bond motifs is 1. The number of para-hydroxylation sites is 1. The first-order valence-corrected chi connectivity index (χ1v) is 5.84. The van der Waals surface area contributed by atoms with Gasteiger partial charge < -0.3 is 14.8 Å². The van der Waals surface area contributed by atoms with Crippen LogP contribution in [-0.4, -0.2) is 23.9 Å². The Hall–Kier alpha value is -1.53. The second-order valence-corrected chi connectivity index (χ2v) is 4.37. The standard InChI is InChI=1S/C13H14F3NO2/c1-8(17-7-12(18)13(14,15)16)11-6-9-4-2-3-5-10(9)19-11/h2-6,8,12,17-18H,7H2,1H3/t8-,12-/m0/s1. The molecule has 2 N–H and O–H groups in total. The molecule has 0 unspecified atom stereocenters. The lowest BCUT2D eigenvalue weighted by molar-refractivity contribution is -0.202.